The monoisotopic (exact) mass is 479 g/mol. The van der Waals surface area contributed by atoms with E-state index in [0.29, 0.717) is 16.9 Å². The minimum atomic E-state index is -0.0704. The Balaban J connectivity index is 1.51. The highest BCUT2D eigenvalue weighted by molar-refractivity contribution is 7.80. The first-order valence-corrected chi connectivity index (χ1v) is 12.4. The van der Waals surface area contributed by atoms with Crippen LogP contribution in [0.4, 0.5) is 11.4 Å². The molecule has 0 amide bonds. The van der Waals surface area contributed by atoms with E-state index in [1.54, 1.807) is 0 Å². The molecule has 4 atom stereocenters. The maximum absolute atomic E-state index is 6.88. The first kappa shape index (κ1) is 22.2. The average Bonchev–Trinajstić information content (AvgIpc) is 3.36. The molecule has 2 fully saturated rings. The lowest BCUT2D eigenvalue weighted by Gasteiger charge is -2.37. The molecule has 0 saturated carbocycles. The van der Waals surface area contributed by atoms with Crippen molar-refractivity contribution in [3.63, 3.8) is 0 Å². The third-order valence-corrected chi connectivity index (χ3v) is 7.31. The summed E-state index contributed by atoms with van der Waals surface area (Å²) in [4.78, 5) is 12.7. The minimum absolute atomic E-state index is 0.0574. The third-order valence-electron chi connectivity index (χ3n) is 6.69. The van der Waals surface area contributed by atoms with Gasteiger partial charge in [0.15, 0.2) is 5.11 Å². The van der Waals surface area contributed by atoms with Crippen LogP contribution in [0.2, 0.25) is 5.02 Å². The van der Waals surface area contributed by atoms with Gasteiger partial charge in [0, 0.05) is 36.4 Å². The molecule has 2 aliphatic rings. The van der Waals surface area contributed by atoms with Crippen molar-refractivity contribution >= 4 is 40.3 Å². The van der Waals surface area contributed by atoms with Crippen LogP contribution >= 0.6 is 23.8 Å². The van der Waals surface area contributed by atoms with Crippen LogP contribution in [0.3, 0.4) is 0 Å². The molecule has 0 unspecified atom stereocenters. The highest BCUT2D eigenvalue weighted by Crippen LogP contribution is 2.43. The normalized spacial score (nSPS) is 25.4. The summed E-state index contributed by atoms with van der Waals surface area (Å²) in [5.41, 5.74) is 5.25. The molecule has 0 bridgehead atoms. The number of nitrogens with one attached hydrogen (secondary N) is 2. The van der Waals surface area contributed by atoms with Crippen molar-refractivity contribution in [3.05, 3.63) is 76.8 Å². The van der Waals surface area contributed by atoms with Gasteiger partial charge in [0.05, 0.1) is 22.4 Å². The smallest absolute Gasteiger partial charge is 0.174 e. The summed E-state index contributed by atoms with van der Waals surface area (Å²) in [5, 5.41) is 4.94. The van der Waals surface area contributed by atoms with E-state index in [1.165, 1.54) is 6.42 Å². The Morgan fingerprint density at radius 3 is 2.48 bits per heavy atom. The van der Waals surface area contributed by atoms with Gasteiger partial charge in [-0.2, -0.15) is 0 Å². The number of H-pyrrole nitrogens is 1. The van der Waals surface area contributed by atoms with Crippen LogP contribution < -0.4 is 15.1 Å². The van der Waals surface area contributed by atoms with E-state index in [9.17, 15) is 0 Å². The van der Waals surface area contributed by atoms with Crippen molar-refractivity contribution in [2.75, 3.05) is 22.9 Å². The van der Waals surface area contributed by atoms with Crippen molar-refractivity contribution in [2.45, 2.75) is 39.3 Å². The van der Waals surface area contributed by atoms with Crippen LogP contribution in [0.5, 0.6) is 0 Å². The van der Waals surface area contributed by atoms with Gasteiger partial charge in [-0.25, -0.2) is 0 Å². The average molecular weight is 480 g/mol. The zero-order valence-electron chi connectivity index (χ0n) is 19.3. The van der Waals surface area contributed by atoms with E-state index < -0.39 is 0 Å². The van der Waals surface area contributed by atoms with Gasteiger partial charge in [0.1, 0.15) is 6.04 Å². The predicted molar refractivity (Wildman–Crippen MR) is 140 cm³/mol. The number of nitrogens with zero attached hydrogens (tertiary/aromatic N) is 3. The summed E-state index contributed by atoms with van der Waals surface area (Å²) >= 11 is 12.7. The topological polar surface area (TPSA) is 47.2 Å². The number of aromatic amines is 1. The van der Waals surface area contributed by atoms with Crippen LogP contribution in [0.25, 0.3) is 0 Å². The molecular weight excluding hydrogens is 450 g/mol. The summed E-state index contributed by atoms with van der Waals surface area (Å²) < 4.78 is 0. The first-order chi connectivity index (χ1) is 15.9. The SMILES string of the molecule is Cc1ccc([C@@H]2[C@H](c3ccccn3)NC(=S)N2c2ccc(N3C[C@H](C)C[C@@H](C)C3)c(Cl)c2)[nH]1. The first-order valence-electron chi connectivity index (χ1n) is 11.6. The number of rotatable bonds is 4. The van der Waals surface area contributed by atoms with E-state index >= 15 is 0 Å². The number of anilines is 2. The number of aryl methyl sites for hydroxylation is 1. The molecule has 33 heavy (non-hydrogen) atoms. The fourth-order valence-electron chi connectivity index (χ4n) is 5.41. The van der Waals surface area contributed by atoms with Crippen LogP contribution in [0.15, 0.2) is 54.7 Å². The second-order valence-corrected chi connectivity index (χ2v) is 10.4. The second kappa shape index (κ2) is 8.99. The maximum Gasteiger partial charge on any atom is 0.174 e. The Hall–Kier alpha value is -2.57. The van der Waals surface area contributed by atoms with Gasteiger partial charge in [-0.05, 0) is 79.9 Å². The zero-order chi connectivity index (χ0) is 23.1. The second-order valence-electron chi connectivity index (χ2n) is 9.58. The molecule has 2 aliphatic heterocycles. The summed E-state index contributed by atoms with van der Waals surface area (Å²) in [7, 11) is 0. The molecule has 7 heteroatoms. The highest BCUT2D eigenvalue weighted by atomic mass is 35.5. The Bertz CT molecular complexity index is 1140. The molecular formula is C26H30ClN5S. The zero-order valence-corrected chi connectivity index (χ0v) is 20.8. The fraction of sp³-hybridized carbons (Fsp3) is 0.385. The maximum atomic E-state index is 6.88. The summed E-state index contributed by atoms with van der Waals surface area (Å²) in [6, 6.07) is 16.4. The van der Waals surface area contributed by atoms with Crippen LogP contribution in [-0.4, -0.2) is 28.2 Å². The largest absolute Gasteiger partial charge is 0.370 e. The lowest BCUT2D eigenvalue weighted by Crippen LogP contribution is -2.38. The van der Waals surface area contributed by atoms with Gasteiger partial charge in [-0.15, -0.1) is 0 Å². The quantitative estimate of drug-likeness (QED) is 0.447. The standard InChI is InChI=1S/C26H30ClN5S/c1-16-12-17(2)15-31(14-16)23-10-8-19(13-20(23)27)32-25(22-9-7-18(3)29-22)24(30-26(32)33)21-6-4-5-11-28-21/h4-11,13,16-17,24-25,29H,12,14-15H2,1-3H3,(H,30,33)/t16-,17-,24+,25-/m1/s1. The van der Waals surface area contributed by atoms with E-state index in [-0.39, 0.29) is 12.1 Å². The Labute approximate surface area is 206 Å². The molecule has 4 heterocycles. The van der Waals surface area contributed by atoms with Gasteiger partial charge in [0.2, 0.25) is 0 Å². The summed E-state index contributed by atoms with van der Waals surface area (Å²) in [6.45, 7) is 8.79. The number of piperidine rings is 1. The van der Waals surface area contributed by atoms with Crippen molar-refractivity contribution < 1.29 is 0 Å². The lowest BCUT2D eigenvalue weighted by molar-refractivity contribution is 0.357. The molecule has 0 aliphatic carbocycles. The van der Waals surface area contributed by atoms with Crippen molar-refractivity contribution in [2.24, 2.45) is 11.8 Å². The number of hydrogen-bond acceptors (Lipinski definition) is 3. The molecule has 1 aromatic carbocycles. The van der Waals surface area contributed by atoms with Gasteiger partial charge in [0.25, 0.3) is 0 Å². The van der Waals surface area contributed by atoms with E-state index in [0.717, 1.165) is 46.6 Å². The molecule has 5 rings (SSSR count). The summed E-state index contributed by atoms with van der Waals surface area (Å²) in [5.74, 6) is 1.33. The van der Waals surface area contributed by atoms with Crippen LogP contribution in [-0.2, 0) is 0 Å². The highest BCUT2D eigenvalue weighted by Gasteiger charge is 2.41. The Morgan fingerprint density at radius 2 is 1.85 bits per heavy atom. The number of pyridine rings is 1. The van der Waals surface area contributed by atoms with E-state index in [1.807, 2.05) is 24.4 Å². The fourth-order valence-corrected chi connectivity index (χ4v) is 6.05. The number of halogens is 1. The number of thiocarbonyl (C=S) groups is 1. The van der Waals surface area contributed by atoms with Gasteiger partial charge in [-0.1, -0.05) is 31.5 Å². The van der Waals surface area contributed by atoms with Crippen molar-refractivity contribution in [3.8, 4) is 0 Å². The molecule has 0 spiro atoms. The molecule has 2 aromatic heterocycles. The lowest BCUT2D eigenvalue weighted by atomic mass is 9.91. The summed E-state index contributed by atoms with van der Waals surface area (Å²) in [6.07, 6.45) is 3.10. The van der Waals surface area contributed by atoms with Crippen molar-refractivity contribution in [1.82, 2.24) is 15.3 Å². The predicted octanol–water partition coefficient (Wildman–Crippen LogP) is 6.03. The number of aromatic nitrogens is 2. The molecule has 0 radical (unpaired) electrons. The van der Waals surface area contributed by atoms with Gasteiger partial charge >= 0.3 is 0 Å². The molecule has 2 N–H and O–H groups in total. The molecule has 172 valence electrons. The molecule has 3 aromatic rings. The molecule has 5 nitrogen and oxygen atoms in total. The van der Waals surface area contributed by atoms with Crippen molar-refractivity contribution in [1.29, 1.82) is 0 Å². The van der Waals surface area contributed by atoms with Crippen LogP contribution in [0.1, 0.15) is 49.4 Å². The van der Waals surface area contributed by atoms with E-state index in [4.69, 9.17) is 23.8 Å². The van der Waals surface area contributed by atoms with Gasteiger partial charge < -0.3 is 20.1 Å². The van der Waals surface area contributed by atoms with Gasteiger partial charge in [-0.3, -0.25) is 4.98 Å². The minimum Gasteiger partial charge on any atom is -0.370 e. The Morgan fingerprint density at radius 1 is 1.06 bits per heavy atom. The number of benzene rings is 1. The number of hydrogen-bond donors (Lipinski definition) is 2. The third kappa shape index (κ3) is 4.34. The van der Waals surface area contributed by atoms with Crippen LogP contribution in [0, 0.1) is 18.8 Å². The molecule has 2 saturated heterocycles. The Kier molecular flexibility index (Phi) is 6.06. The van der Waals surface area contributed by atoms with E-state index in [2.05, 4.69) is 76.2 Å².